The summed E-state index contributed by atoms with van der Waals surface area (Å²) in [6, 6.07) is 8.85. The van der Waals surface area contributed by atoms with Crippen LogP contribution in [0.5, 0.6) is 0 Å². The third-order valence-corrected chi connectivity index (χ3v) is 8.83. The number of ether oxygens (including phenoxy) is 2. The lowest BCUT2D eigenvalue weighted by Crippen LogP contribution is -2.58. The number of benzene rings is 1. The molecule has 2 bridgehead atoms. The van der Waals surface area contributed by atoms with Gasteiger partial charge < -0.3 is 25.0 Å². The molecule has 3 heterocycles. The number of alkyl carbamates (subject to hydrolysis) is 1. The summed E-state index contributed by atoms with van der Waals surface area (Å²) in [6.07, 6.45) is 2.37. The molecule has 2 aromatic heterocycles. The van der Waals surface area contributed by atoms with Crippen molar-refractivity contribution in [1.82, 2.24) is 24.8 Å². The van der Waals surface area contributed by atoms with E-state index in [9.17, 15) is 13.6 Å². The van der Waals surface area contributed by atoms with E-state index in [0.29, 0.717) is 61.5 Å². The Balaban J connectivity index is 1.24. The zero-order chi connectivity index (χ0) is 29.5. The number of hydrogen-bond donors (Lipinski definition) is 2. The molecule has 0 atom stereocenters. The van der Waals surface area contributed by atoms with E-state index in [2.05, 4.69) is 20.5 Å². The van der Waals surface area contributed by atoms with E-state index in [1.54, 1.807) is 24.3 Å². The highest BCUT2D eigenvalue weighted by atomic mass is 19.3. The second kappa shape index (κ2) is 10.9. The van der Waals surface area contributed by atoms with Crippen LogP contribution in [0.25, 0.3) is 16.9 Å². The van der Waals surface area contributed by atoms with Gasteiger partial charge in [-0.3, -0.25) is 4.57 Å². The zero-order valence-electron chi connectivity index (χ0n) is 24.5. The molecule has 0 unspecified atom stereocenters. The van der Waals surface area contributed by atoms with Gasteiger partial charge >= 0.3 is 6.09 Å². The lowest BCUT2D eigenvalue weighted by molar-refractivity contribution is 0.00948. The Bertz CT molecular complexity index is 1420. The third kappa shape index (κ3) is 5.86. The van der Waals surface area contributed by atoms with E-state index in [4.69, 9.17) is 19.4 Å². The quantitative estimate of drug-likeness (QED) is 0.369. The highest BCUT2D eigenvalue weighted by Crippen LogP contribution is 2.52. The van der Waals surface area contributed by atoms with Crippen LogP contribution >= 0.6 is 0 Å². The first-order valence-corrected chi connectivity index (χ1v) is 14.8. The first-order valence-electron chi connectivity index (χ1n) is 14.8. The molecule has 2 N–H and O–H groups in total. The fourth-order valence-corrected chi connectivity index (χ4v) is 6.50. The molecule has 3 saturated carbocycles. The Kier molecular flexibility index (Phi) is 7.44. The summed E-state index contributed by atoms with van der Waals surface area (Å²) < 4.78 is 40.9. The van der Waals surface area contributed by atoms with Crippen molar-refractivity contribution in [2.24, 2.45) is 5.41 Å². The van der Waals surface area contributed by atoms with Gasteiger partial charge in [0.1, 0.15) is 17.2 Å². The number of anilines is 2. The van der Waals surface area contributed by atoms with Gasteiger partial charge in [-0.1, -0.05) is 12.1 Å². The minimum absolute atomic E-state index is 0.0473. The molecule has 10 nitrogen and oxygen atoms in total. The van der Waals surface area contributed by atoms with Crippen LogP contribution in [0.2, 0.25) is 0 Å². The molecule has 4 fully saturated rings. The molecule has 12 heteroatoms. The largest absolute Gasteiger partial charge is 0.444 e. The van der Waals surface area contributed by atoms with E-state index in [0.717, 1.165) is 38.5 Å². The van der Waals surface area contributed by atoms with Gasteiger partial charge in [0.15, 0.2) is 5.82 Å². The first-order chi connectivity index (χ1) is 20.0. The molecule has 3 aromatic rings. The van der Waals surface area contributed by atoms with Crippen LogP contribution in [-0.2, 0) is 9.47 Å². The third-order valence-electron chi connectivity index (χ3n) is 8.83. The Hall–Kier alpha value is -3.54. The van der Waals surface area contributed by atoms with Crippen LogP contribution in [0.3, 0.4) is 0 Å². The van der Waals surface area contributed by atoms with Crippen molar-refractivity contribution in [3.05, 3.63) is 36.2 Å². The van der Waals surface area contributed by atoms with Crippen LogP contribution in [0, 0.1) is 5.41 Å². The summed E-state index contributed by atoms with van der Waals surface area (Å²) in [7, 11) is 0. The molecule has 1 saturated heterocycles. The van der Waals surface area contributed by atoms with Gasteiger partial charge in [0.2, 0.25) is 5.95 Å². The Labute approximate surface area is 244 Å². The van der Waals surface area contributed by atoms with Crippen molar-refractivity contribution in [3.63, 3.8) is 0 Å². The number of aromatic nitrogens is 4. The molecule has 226 valence electrons. The smallest absolute Gasteiger partial charge is 0.408 e. The van der Waals surface area contributed by atoms with Gasteiger partial charge in [-0.15, -0.1) is 0 Å². The molecule has 4 aliphatic rings. The van der Waals surface area contributed by atoms with Crippen LogP contribution in [-0.4, -0.2) is 69.6 Å². The van der Waals surface area contributed by atoms with Crippen LogP contribution in [0.15, 0.2) is 30.3 Å². The van der Waals surface area contributed by atoms with Crippen molar-refractivity contribution < 1.29 is 23.0 Å². The number of imidazole rings is 1. The van der Waals surface area contributed by atoms with Gasteiger partial charge in [-0.25, -0.2) is 18.6 Å². The normalized spacial score (nSPS) is 24.3. The monoisotopic (exact) mass is 583 g/mol. The maximum Gasteiger partial charge on any atom is 0.408 e. The molecule has 42 heavy (non-hydrogen) atoms. The number of nitrogens with one attached hydrogen (secondary N) is 2. The minimum Gasteiger partial charge on any atom is -0.444 e. The first kappa shape index (κ1) is 28.6. The number of para-hydroxylation sites is 2. The fourth-order valence-electron chi connectivity index (χ4n) is 6.50. The Morgan fingerprint density at radius 1 is 1.02 bits per heavy atom. The maximum absolute atomic E-state index is 14.2. The summed E-state index contributed by atoms with van der Waals surface area (Å²) in [5.74, 6) is 1.06. The molecule has 0 radical (unpaired) electrons. The average molecular weight is 584 g/mol. The SMILES string of the molecule is CC(C)(C)OC(=O)NC12CCC(CNc3nc(N4CCOCC4)cc(-n4c(C(F)F)nc5ccccc54)n3)(CC1)CC2. The standard InChI is InChI=1S/C30H39F2N7O3/c1-28(2,3)42-27(40)37-30-11-8-29(9-12-30,10-13-30)19-33-26-35-22(38-14-16-41-17-15-38)18-23(36-26)39-21-7-5-4-6-20(21)34-25(39)24(31)32/h4-7,18,24H,8-17,19H2,1-3H3,(H,37,40)(H,33,35,36). The van der Waals surface area contributed by atoms with E-state index in [-0.39, 0.29) is 22.9 Å². The van der Waals surface area contributed by atoms with Gasteiger partial charge in [0, 0.05) is 31.2 Å². The van der Waals surface area contributed by atoms with Crippen molar-refractivity contribution in [3.8, 4) is 5.82 Å². The van der Waals surface area contributed by atoms with Crippen molar-refractivity contribution in [1.29, 1.82) is 0 Å². The molecule has 1 amide bonds. The van der Waals surface area contributed by atoms with E-state index in [1.807, 2.05) is 26.8 Å². The van der Waals surface area contributed by atoms with E-state index >= 15 is 0 Å². The molecule has 7 rings (SSSR count). The number of halogens is 2. The molecule has 1 aromatic carbocycles. The van der Waals surface area contributed by atoms with Gasteiger partial charge in [-0.05, 0) is 76.8 Å². The fraction of sp³-hybridized carbons (Fsp3) is 0.600. The topological polar surface area (TPSA) is 106 Å². The molecular weight excluding hydrogens is 544 g/mol. The summed E-state index contributed by atoms with van der Waals surface area (Å²) in [5.41, 5.74) is 0.341. The molecular formula is C30H39F2N7O3. The van der Waals surface area contributed by atoms with Crippen LogP contribution < -0.4 is 15.5 Å². The van der Waals surface area contributed by atoms with Gasteiger partial charge in [0.25, 0.3) is 6.43 Å². The number of carbonyl (C=O) groups excluding carboxylic acids is 1. The number of amides is 1. The number of nitrogens with zero attached hydrogens (tertiary/aromatic N) is 5. The van der Waals surface area contributed by atoms with Crippen molar-refractivity contribution >= 4 is 28.9 Å². The number of fused-ring (bicyclic) bond motifs is 4. The second-order valence-electron chi connectivity index (χ2n) is 12.9. The second-order valence-corrected chi connectivity index (χ2v) is 12.9. The Morgan fingerprint density at radius 3 is 2.36 bits per heavy atom. The van der Waals surface area contributed by atoms with Gasteiger partial charge in [0.05, 0.1) is 24.2 Å². The number of carbonyl (C=O) groups is 1. The zero-order valence-corrected chi connectivity index (χ0v) is 24.5. The van der Waals surface area contributed by atoms with Gasteiger partial charge in [-0.2, -0.15) is 9.97 Å². The summed E-state index contributed by atoms with van der Waals surface area (Å²) in [4.78, 5) is 28.4. The number of hydrogen-bond acceptors (Lipinski definition) is 8. The van der Waals surface area contributed by atoms with E-state index < -0.39 is 12.0 Å². The number of morpholine rings is 1. The molecule has 1 aliphatic heterocycles. The summed E-state index contributed by atoms with van der Waals surface area (Å²) in [5, 5.41) is 6.65. The summed E-state index contributed by atoms with van der Waals surface area (Å²) in [6.45, 7) is 8.71. The highest BCUT2D eigenvalue weighted by Gasteiger charge is 2.49. The minimum atomic E-state index is -2.77. The maximum atomic E-state index is 14.2. The van der Waals surface area contributed by atoms with Crippen LogP contribution in [0.1, 0.15) is 71.5 Å². The number of rotatable bonds is 7. The lowest BCUT2D eigenvalue weighted by atomic mass is 9.57. The molecule has 0 spiro atoms. The predicted octanol–water partition coefficient (Wildman–Crippen LogP) is 5.62. The average Bonchev–Trinajstić information content (AvgIpc) is 3.37. The molecule has 3 aliphatic carbocycles. The number of alkyl halides is 2. The lowest BCUT2D eigenvalue weighted by Gasteiger charge is -2.53. The predicted molar refractivity (Wildman–Crippen MR) is 155 cm³/mol. The van der Waals surface area contributed by atoms with E-state index in [1.165, 1.54) is 4.57 Å². The summed E-state index contributed by atoms with van der Waals surface area (Å²) >= 11 is 0. The Morgan fingerprint density at radius 2 is 1.69 bits per heavy atom. The van der Waals surface area contributed by atoms with Crippen LogP contribution in [0.4, 0.5) is 25.3 Å². The van der Waals surface area contributed by atoms with Crippen molar-refractivity contribution in [2.75, 3.05) is 43.1 Å². The highest BCUT2D eigenvalue weighted by molar-refractivity contribution is 5.78. The van der Waals surface area contributed by atoms with Crippen molar-refractivity contribution in [2.45, 2.75) is 76.9 Å².